The van der Waals surface area contributed by atoms with Crippen molar-refractivity contribution in [3.63, 3.8) is 0 Å². The van der Waals surface area contributed by atoms with Crippen LogP contribution in [0.3, 0.4) is 0 Å². The van der Waals surface area contributed by atoms with Crippen molar-refractivity contribution in [3.05, 3.63) is 106 Å². The van der Waals surface area contributed by atoms with Crippen LogP contribution in [0.4, 0.5) is 20.2 Å². The molecule has 51 heavy (non-hydrogen) atoms. The molecule has 0 unspecified atom stereocenters. The van der Waals surface area contributed by atoms with Crippen molar-refractivity contribution in [2.75, 3.05) is 55.6 Å². The Labute approximate surface area is 296 Å². The lowest BCUT2D eigenvalue weighted by Crippen LogP contribution is -2.55. The lowest BCUT2D eigenvalue weighted by Gasteiger charge is -2.44. The molecule has 0 bridgehead atoms. The van der Waals surface area contributed by atoms with Gasteiger partial charge >= 0.3 is 0 Å². The molecule has 0 amide bonds. The van der Waals surface area contributed by atoms with Gasteiger partial charge in [0, 0.05) is 93.5 Å². The molecular formula is C40H45F2N5O4. The van der Waals surface area contributed by atoms with Gasteiger partial charge in [-0.25, -0.2) is 8.78 Å². The zero-order valence-corrected chi connectivity index (χ0v) is 29.5. The van der Waals surface area contributed by atoms with Crippen LogP contribution in [0.25, 0.3) is 22.0 Å². The molecule has 2 aromatic heterocycles. The molecule has 0 spiro atoms. The fourth-order valence-electron chi connectivity index (χ4n) is 7.39. The number of aromatic amines is 1. The van der Waals surface area contributed by atoms with E-state index in [-0.39, 0.29) is 5.56 Å². The number of anilines is 2. The fraction of sp³-hybridized carbons (Fsp3) is 0.375. The van der Waals surface area contributed by atoms with Gasteiger partial charge in [0.25, 0.3) is 5.56 Å². The average molecular weight is 698 g/mol. The highest BCUT2D eigenvalue weighted by atomic mass is 19.1. The lowest BCUT2D eigenvalue weighted by atomic mass is 9.90. The van der Waals surface area contributed by atoms with Crippen LogP contribution in [0, 0.1) is 18.6 Å². The van der Waals surface area contributed by atoms with E-state index in [1.54, 1.807) is 37.9 Å². The zero-order valence-electron chi connectivity index (χ0n) is 29.5. The van der Waals surface area contributed by atoms with E-state index in [0.29, 0.717) is 81.4 Å². The maximum Gasteiger partial charge on any atom is 0.274 e. The van der Waals surface area contributed by atoms with Gasteiger partial charge in [0.05, 0.1) is 16.9 Å². The van der Waals surface area contributed by atoms with E-state index in [4.69, 9.17) is 4.74 Å². The fourth-order valence-corrected chi connectivity index (χ4v) is 7.39. The number of aliphatic hydroxyl groups is 2. The molecule has 0 atom stereocenters. The van der Waals surface area contributed by atoms with Crippen molar-refractivity contribution in [1.82, 2.24) is 14.5 Å². The Bertz CT molecular complexity index is 2120. The predicted molar refractivity (Wildman–Crippen MR) is 197 cm³/mol. The van der Waals surface area contributed by atoms with Crippen molar-refractivity contribution in [2.45, 2.75) is 44.8 Å². The number of H-pyrrole nitrogens is 1. The third-order valence-corrected chi connectivity index (χ3v) is 10.4. The highest BCUT2D eigenvalue weighted by Crippen LogP contribution is 2.40. The van der Waals surface area contributed by atoms with Crippen LogP contribution < -0.4 is 20.1 Å². The molecule has 4 heterocycles. The quantitative estimate of drug-likeness (QED) is 0.175. The molecule has 3 aromatic carbocycles. The number of β-amino-alcohol motifs (C(OH)–C–C–N with tert-alkyl or cyclic N) is 1. The zero-order chi connectivity index (χ0) is 36.1. The number of piperidine rings is 1. The topological polar surface area (TPSA) is 97.2 Å². The molecular weight excluding hydrogens is 652 g/mol. The summed E-state index contributed by atoms with van der Waals surface area (Å²) in [5.41, 5.74) is 3.07. The second-order valence-electron chi connectivity index (χ2n) is 14.6. The van der Waals surface area contributed by atoms with Crippen LogP contribution in [-0.4, -0.2) is 76.1 Å². The summed E-state index contributed by atoms with van der Waals surface area (Å²) in [6, 6.07) is 17.2. The number of benzene rings is 3. The highest BCUT2D eigenvalue weighted by Gasteiger charge is 2.35. The predicted octanol–water partition coefficient (Wildman–Crippen LogP) is 6.29. The second-order valence-corrected chi connectivity index (χ2v) is 14.6. The SMILES string of the molecule is Cc1cc(N2CCC(O)(CN3CCN(c4cc(F)ccc4F)CC3)CC2)ccc1Oc1ccc(C(C)(C)O)cc1-c1cn(C)c(=O)c2[nH]ccc12. The number of piperazine rings is 1. The Morgan fingerprint density at radius 1 is 0.882 bits per heavy atom. The molecule has 2 aliphatic rings. The van der Waals surface area contributed by atoms with E-state index >= 15 is 0 Å². The van der Waals surface area contributed by atoms with Crippen molar-refractivity contribution in [2.24, 2.45) is 7.05 Å². The molecule has 0 aliphatic carbocycles. The van der Waals surface area contributed by atoms with Crippen molar-refractivity contribution in [3.8, 4) is 22.6 Å². The Hall–Kier alpha value is -4.71. The van der Waals surface area contributed by atoms with Gasteiger partial charge in [0.2, 0.25) is 0 Å². The Balaban J connectivity index is 1.03. The van der Waals surface area contributed by atoms with Crippen LogP contribution in [0.15, 0.2) is 77.9 Å². The number of ether oxygens (including phenoxy) is 1. The number of rotatable bonds is 8. The largest absolute Gasteiger partial charge is 0.456 e. The smallest absolute Gasteiger partial charge is 0.274 e. The summed E-state index contributed by atoms with van der Waals surface area (Å²) < 4.78 is 36.2. The van der Waals surface area contributed by atoms with Crippen LogP contribution in [0.2, 0.25) is 0 Å². The van der Waals surface area contributed by atoms with Crippen LogP contribution in [0.1, 0.15) is 37.8 Å². The molecule has 5 aromatic rings. The van der Waals surface area contributed by atoms with Gasteiger partial charge in [0.15, 0.2) is 0 Å². The molecule has 0 saturated carbocycles. The molecule has 7 rings (SSSR count). The Kier molecular flexibility index (Phi) is 9.15. The van der Waals surface area contributed by atoms with E-state index in [1.165, 1.54) is 12.1 Å². The van der Waals surface area contributed by atoms with Crippen LogP contribution in [-0.2, 0) is 12.6 Å². The van der Waals surface area contributed by atoms with Gasteiger partial charge in [-0.3, -0.25) is 9.69 Å². The first kappa shape index (κ1) is 34.7. The summed E-state index contributed by atoms with van der Waals surface area (Å²) in [5, 5.41) is 23.2. The van der Waals surface area contributed by atoms with Gasteiger partial charge in [-0.05, 0) is 93.3 Å². The average Bonchev–Trinajstić information content (AvgIpc) is 3.59. The maximum absolute atomic E-state index is 14.3. The third-order valence-electron chi connectivity index (χ3n) is 10.4. The molecule has 0 radical (unpaired) electrons. The Morgan fingerprint density at radius 3 is 2.31 bits per heavy atom. The standard InChI is InChI=1S/C40H45F2N5O4/c1-26-21-29(46-15-12-40(50,13-16-46)25-45-17-19-47(20-18-45)34-23-28(41)6-8-33(34)42)7-10-35(26)51-36-9-5-27(39(2,3)49)22-31(36)32-24-44(4)38(48)37-30(32)11-14-43-37/h5-11,14,21-24,43,49-50H,12-13,15-20,25H2,1-4H3. The molecule has 268 valence electrons. The summed E-state index contributed by atoms with van der Waals surface area (Å²) in [7, 11) is 1.72. The van der Waals surface area contributed by atoms with Gasteiger partial charge in [0.1, 0.15) is 28.7 Å². The summed E-state index contributed by atoms with van der Waals surface area (Å²) in [6.45, 7) is 9.92. The van der Waals surface area contributed by atoms with E-state index in [2.05, 4.69) is 20.9 Å². The lowest BCUT2D eigenvalue weighted by molar-refractivity contribution is -0.0173. The van der Waals surface area contributed by atoms with E-state index in [1.807, 2.05) is 48.2 Å². The normalized spacial score (nSPS) is 16.9. The summed E-state index contributed by atoms with van der Waals surface area (Å²) in [6.07, 6.45) is 4.79. The third kappa shape index (κ3) is 7.11. The summed E-state index contributed by atoms with van der Waals surface area (Å²) >= 11 is 0. The number of nitrogens with zero attached hydrogens (tertiary/aromatic N) is 4. The van der Waals surface area contributed by atoms with Crippen LogP contribution >= 0.6 is 0 Å². The van der Waals surface area contributed by atoms with Crippen molar-refractivity contribution < 1.29 is 23.7 Å². The number of hydrogen-bond donors (Lipinski definition) is 3. The van der Waals surface area contributed by atoms with E-state index < -0.39 is 22.8 Å². The summed E-state index contributed by atoms with van der Waals surface area (Å²) in [4.78, 5) is 22.2. The number of aromatic nitrogens is 2. The maximum atomic E-state index is 14.3. The monoisotopic (exact) mass is 697 g/mol. The minimum atomic E-state index is -1.08. The van der Waals surface area contributed by atoms with Crippen LogP contribution in [0.5, 0.6) is 11.5 Å². The molecule has 2 fully saturated rings. The van der Waals surface area contributed by atoms with Gasteiger partial charge < -0.3 is 34.3 Å². The summed E-state index contributed by atoms with van der Waals surface area (Å²) in [5.74, 6) is 0.424. The molecule has 11 heteroatoms. The number of fused-ring (bicyclic) bond motifs is 1. The number of hydrogen-bond acceptors (Lipinski definition) is 7. The molecule has 2 aliphatic heterocycles. The van der Waals surface area contributed by atoms with Gasteiger partial charge in [-0.15, -0.1) is 0 Å². The van der Waals surface area contributed by atoms with Gasteiger partial charge in [-0.2, -0.15) is 0 Å². The van der Waals surface area contributed by atoms with Gasteiger partial charge in [-0.1, -0.05) is 6.07 Å². The first-order valence-electron chi connectivity index (χ1n) is 17.5. The van der Waals surface area contributed by atoms with Crippen molar-refractivity contribution in [1.29, 1.82) is 0 Å². The number of pyridine rings is 1. The highest BCUT2D eigenvalue weighted by molar-refractivity contribution is 5.96. The van der Waals surface area contributed by atoms with E-state index in [9.17, 15) is 23.8 Å². The number of nitrogens with one attached hydrogen (secondary N) is 1. The number of aryl methyl sites for hydroxylation is 2. The van der Waals surface area contributed by atoms with Crippen molar-refractivity contribution >= 4 is 22.3 Å². The molecule has 2 saturated heterocycles. The Morgan fingerprint density at radius 2 is 1.61 bits per heavy atom. The minimum Gasteiger partial charge on any atom is -0.456 e. The number of halogens is 2. The minimum absolute atomic E-state index is 0.124. The molecule has 3 N–H and O–H groups in total. The molecule has 9 nitrogen and oxygen atoms in total. The van der Waals surface area contributed by atoms with E-state index in [0.717, 1.165) is 39.4 Å². The first-order valence-corrected chi connectivity index (χ1v) is 17.5. The second kappa shape index (κ2) is 13.4. The first-order chi connectivity index (χ1) is 24.3.